The maximum Gasteiger partial charge on any atom is 0.338 e. The lowest BCUT2D eigenvalue weighted by Crippen LogP contribution is -2.00. The lowest BCUT2D eigenvalue weighted by Gasteiger charge is -2.07. The third-order valence-electron chi connectivity index (χ3n) is 3.28. The first-order valence-electron chi connectivity index (χ1n) is 6.57. The standard InChI is InChI=1S/C15H14N4O2/c1-2-11-18-13(8-4-3-5-9(16)6-8)12-10(15(20)21)7-17-14(12)19-11/h3-7H,2,16H2,1H3,(H,20,21)(H,17,18,19). The van der Waals surface area contributed by atoms with Gasteiger partial charge in [0.15, 0.2) is 0 Å². The minimum atomic E-state index is -1.01. The van der Waals surface area contributed by atoms with Crippen molar-refractivity contribution in [3.05, 3.63) is 41.9 Å². The van der Waals surface area contributed by atoms with Gasteiger partial charge >= 0.3 is 5.97 Å². The van der Waals surface area contributed by atoms with E-state index in [4.69, 9.17) is 5.73 Å². The first kappa shape index (κ1) is 13.1. The highest BCUT2D eigenvalue weighted by Crippen LogP contribution is 2.30. The van der Waals surface area contributed by atoms with Crippen LogP contribution in [0.15, 0.2) is 30.5 Å². The highest BCUT2D eigenvalue weighted by atomic mass is 16.4. The molecule has 0 saturated carbocycles. The van der Waals surface area contributed by atoms with Crippen LogP contribution in [0.25, 0.3) is 22.3 Å². The fourth-order valence-electron chi connectivity index (χ4n) is 2.30. The molecule has 0 amide bonds. The minimum Gasteiger partial charge on any atom is -0.478 e. The molecule has 0 saturated heterocycles. The smallest absolute Gasteiger partial charge is 0.338 e. The van der Waals surface area contributed by atoms with Crippen molar-refractivity contribution in [1.29, 1.82) is 0 Å². The van der Waals surface area contributed by atoms with E-state index in [2.05, 4.69) is 15.0 Å². The Hall–Kier alpha value is -2.89. The number of H-pyrrole nitrogens is 1. The van der Waals surface area contributed by atoms with Crippen molar-refractivity contribution < 1.29 is 9.90 Å². The van der Waals surface area contributed by atoms with Crippen LogP contribution in [-0.2, 0) is 6.42 Å². The summed E-state index contributed by atoms with van der Waals surface area (Å²) in [7, 11) is 0. The number of hydrogen-bond donors (Lipinski definition) is 3. The molecule has 0 aliphatic rings. The predicted octanol–water partition coefficient (Wildman–Crippen LogP) is 2.47. The van der Waals surface area contributed by atoms with Crippen LogP contribution in [-0.4, -0.2) is 26.0 Å². The van der Waals surface area contributed by atoms with Crippen molar-refractivity contribution in [3.8, 4) is 11.3 Å². The van der Waals surface area contributed by atoms with Gasteiger partial charge in [-0.1, -0.05) is 19.1 Å². The Morgan fingerprint density at radius 3 is 2.86 bits per heavy atom. The van der Waals surface area contributed by atoms with E-state index in [1.807, 2.05) is 19.1 Å². The van der Waals surface area contributed by atoms with Gasteiger partial charge in [-0.15, -0.1) is 0 Å². The number of nitrogen functional groups attached to an aromatic ring is 1. The number of carboxylic acids is 1. The average molecular weight is 282 g/mol. The van der Waals surface area contributed by atoms with Crippen molar-refractivity contribution >= 4 is 22.7 Å². The molecule has 1 aromatic carbocycles. The number of anilines is 1. The Labute approximate surface area is 120 Å². The third kappa shape index (κ3) is 2.20. The molecule has 2 aromatic heterocycles. The van der Waals surface area contributed by atoms with Gasteiger partial charge < -0.3 is 15.8 Å². The summed E-state index contributed by atoms with van der Waals surface area (Å²) in [5, 5.41) is 9.83. The number of aryl methyl sites for hydroxylation is 1. The van der Waals surface area contributed by atoms with Crippen LogP contribution in [0.4, 0.5) is 5.69 Å². The lowest BCUT2D eigenvalue weighted by molar-refractivity contribution is 0.0699. The Kier molecular flexibility index (Phi) is 3.06. The Balaban J connectivity index is 2.37. The number of aromatic amines is 1. The molecular weight excluding hydrogens is 268 g/mol. The van der Waals surface area contributed by atoms with Gasteiger partial charge in [0, 0.05) is 23.9 Å². The molecule has 21 heavy (non-hydrogen) atoms. The number of nitrogens with zero attached hydrogens (tertiary/aromatic N) is 2. The molecule has 0 aliphatic heterocycles. The highest BCUT2D eigenvalue weighted by Gasteiger charge is 2.18. The number of nitrogens with one attached hydrogen (secondary N) is 1. The molecular formula is C15H14N4O2. The van der Waals surface area contributed by atoms with E-state index in [0.29, 0.717) is 34.7 Å². The van der Waals surface area contributed by atoms with Crippen LogP contribution >= 0.6 is 0 Å². The number of rotatable bonds is 3. The number of fused-ring (bicyclic) bond motifs is 1. The number of nitrogens with two attached hydrogens (primary N) is 1. The second kappa shape index (κ2) is 4.90. The molecule has 0 spiro atoms. The van der Waals surface area contributed by atoms with E-state index in [9.17, 15) is 9.90 Å². The van der Waals surface area contributed by atoms with Crippen LogP contribution in [0.2, 0.25) is 0 Å². The third-order valence-corrected chi connectivity index (χ3v) is 3.28. The quantitative estimate of drug-likeness (QED) is 0.640. The molecule has 6 nitrogen and oxygen atoms in total. The van der Waals surface area contributed by atoms with Gasteiger partial charge in [0.25, 0.3) is 0 Å². The maximum atomic E-state index is 11.4. The Morgan fingerprint density at radius 2 is 2.19 bits per heavy atom. The molecule has 6 heteroatoms. The Bertz CT molecular complexity index is 839. The zero-order valence-electron chi connectivity index (χ0n) is 11.4. The molecule has 0 atom stereocenters. The van der Waals surface area contributed by atoms with Gasteiger partial charge in [0.05, 0.1) is 16.6 Å². The van der Waals surface area contributed by atoms with E-state index in [0.717, 1.165) is 5.56 Å². The first-order valence-corrected chi connectivity index (χ1v) is 6.57. The van der Waals surface area contributed by atoms with Gasteiger partial charge in [-0.25, -0.2) is 14.8 Å². The van der Waals surface area contributed by atoms with Crippen molar-refractivity contribution in [1.82, 2.24) is 15.0 Å². The van der Waals surface area contributed by atoms with Crippen molar-refractivity contribution in [2.24, 2.45) is 0 Å². The molecule has 0 aliphatic carbocycles. The van der Waals surface area contributed by atoms with E-state index in [1.54, 1.807) is 12.1 Å². The highest BCUT2D eigenvalue weighted by molar-refractivity contribution is 6.07. The summed E-state index contributed by atoms with van der Waals surface area (Å²) in [4.78, 5) is 23.1. The molecule has 0 radical (unpaired) electrons. The number of benzene rings is 1. The second-order valence-electron chi connectivity index (χ2n) is 4.70. The summed E-state index contributed by atoms with van der Waals surface area (Å²) in [6.07, 6.45) is 2.10. The molecule has 3 rings (SSSR count). The maximum absolute atomic E-state index is 11.4. The number of aromatic nitrogens is 3. The summed E-state index contributed by atoms with van der Waals surface area (Å²) in [6.45, 7) is 1.95. The molecule has 3 aromatic rings. The van der Waals surface area contributed by atoms with Crippen molar-refractivity contribution in [3.63, 3.8) is 0 Å². The van der Waals surface area contributed by atoms with Gasteiger partial charge in [-0.3, -0.25) is 0 Å². The fourth-order valence-corrected chi connectivity index (χ4v) is 2.30. The molecule has 2 heterocycles. The zero-order chi connectivity index (χ0) is 15.0. The molecule has 0 bridgehead atoms. The number of aromatic carboxylic acids is 1. The lowest BCUT2D eigenvalue weighted by atomic mass is 10.1. The van der Waals surface area contributed by atoms with Gasteiger partial charge in [-0.05, 0) is 12.1 Å². The van der Waals surface area contributed by atoms with Crippen LogP contribution in [0.5, 0.6) is 0 Å². The number of carboxylic acid groups (broad SMARTS) is 1. The SMILES string of the molecule is CCc1nc(-c2cccc(N)c2)c2c(C(=O)O)c[nH]c2n1. The fraction of sp³-hybridized carbons (Fsp3) is 0.133. The van der Waals surface area contributed by atoms with Crippen LogP contribution < -0.4 is 5.73 Å². The average Bonchev–Trinajstić information content (AvgIpc) is 2.90. The zero-order valence-corrected chi connectivity index (χ0v) is 11.4. The van der Waals surface area contributed by atoms with E-state index >= 15 is 0 Å². The predicted molar refractivity (Wildman–Crippen MR) is 80.1 cm³/mol. The summed E-state index contributed by atoms with van der Waals surface area (Å²) in [5.41, 5.74) is 8.46. The van der Waals surface area contributed by atoms with Crippen molar-refractivity contribution in [2.75, 3.05) is 5.73 Å². The number of carbonyl (C=O) groups is 1. The van der Waals surface area contributed by atoms with Crippen LogP contribution in [0.1, 0.15) is 23.1 Å². The van der Waals surface area contributed by atoms with Gasteiger partial charge in [-0.2, -0.15) is 0 Å². The van der Waals surface area contributed by atoms with Crippen LogP contribution in [0.3, 0.4) is 0 Å². The van der Waals surface area contributed by atoms with E-state index < -0.39 is 5.97 Å². The topological polar surface area (TPSA) is 105 Å². The minimum absolute atomic E-state index is 0.157. The largest absolute Gasteiger partial charge is 0.478 e. The summed E-state index contributed by atoms with van der Waals surface area (Å²) in [6, 6.07) is 7.23. The number of hydrogen-bond acceptors (Lipinski definition) is 4. The molecule has 106 valence electrons. The Morgan fingerprint density at radius 1 is 1.38 bits per heavy atom. The van der Waals surface area contributed by atoms with Crippen LogP contribution in [0, 0.1) is 0 Å². The van der Waals surface area contributed by atoms with Crippen molar-refractivity contribution in [2.45, 2.75) is 13.3 Å². The normalized spacial score (nSPS) is 10.9. The summed E-state index contributed by atoms with van der Waals surface area (Å²) in [5.74, 6) is -0.363. The molecule has 0 unspecified atom stereocenters. The first-order chi connectivity index (χ1) is 10.1. The second-order valence-corrected chi connectivity index (χ2v) is 4.70. The van der Waals surface area contributed by atoms with Gasteiger partial charge in [0.1, 0.15) is 11.5 Å². The summed E-state index contributed by atoms with van der Waals surface area (Å²) < 4.78 is 0. The molecule has 0 fully saturated rings. The van der Waals surface area contributed by atoms with Gasteiger partial charge in [0.2, 0.25) is 0 Å². The summed E-state index contributed by atoms with van der Waals surface area (Å²) >= 11 is 0. The van der Waals surface area contributed by atoms with E-state index in [-0.39, 0.29) is 5.56 Å². The van der Waals surface area contributed by atoms with E-state index in [1.165, 1.54) is 6.20 Å². The molecule has 4 N–H and O–H groups in total. The monoisotopic (exact) mass is 282 g/mol.